The summed E-state index contributed by atoms with van der Waals surface area (Å²) in [6, 6.07) is -1.27. The third kappa shape index (κ3) is 13.7. The molecule has 4 amide bonds. The molecule has 3 fully saturated rings. The maximum atomic E-state index is 14.5. The fourth-order valence-electron chi connectivity index (χ4n) is 10.4. The van der Waals surface area contributed by atoms with Crippen molar-refractivity contribution in [2.24, 2.45) is 28.6 Å². The van der Waals surface area contributed by atoms with Crippen molar-refractivity contribution in [3.05, 3.63) is 23.8 Å². The number of hydrogen-bond donors (Lipinski definition) is 6. The molecule has 9 atom stereocenters. The summed E-state index contributed by atoms with van der Waals surface area (Å²) in [7, 11) is 0. The second-order valence-corrected chi connectivity index (χ2v) is 19.1. The SMILES string of the molecule is CCC(=O)O[C@]1(C(=O)COCNC(=O)CNC(=O)[C@H](CCC(=O)O)NC(=O)CCOCCOCCOCCOCCNC(=O)CBr)[C@@H](C)CC2[C@@H]3CCC4=CC(=O)C=C[C@]4(C)[C@@]3(Cl)[C@@H](O)C[C@@]21C. The standard InChI is InChI=1S/C46H68BrClN4O16/c1-5-41(61)68-46(29(2)22-33-32-7-6-30-23-31(53)10-12-43(30,3)45(32,48)35(54)24-44(33,46)4)36(55)27-67-28-51-39(58)26-50-42(62)34(8-9-40(59)60)52-37(56)11-14-63-16-18-65-20-21-66-19-17-64-15-13-49-38(57)25-47/h10,12,23,29,32-35,54H,5-9,11,13-22,24-28H2,1-4H3,(H,49,57)(H,50,62)(H,51,58)(H,52,56)(H,59,60)/t29-,32-,33?,34-,35-,43-,44-,45-,46-/m0/s1. The predicted octanol–water partition coefficient (Wildman–Crippen LogP) is 1.66. The van der Waals surface area contributed by atoms with Gasteiger partial charge in [0, 0.05) is 42.6 Å². The Morgan fingerprint density at radius 1 is 0.868 bits per heavy atom. The minimum atomic E-state index is -1.70. The van der Waals surface area contributed by atoms with Crippen LogP contribution in [0.2, 0.25) is 0 Å². The quantitative estimate of drug-likeness (QED) is 0.0258. The number of aliphatic carboxylic acids is 1. The van der Waals surface area contributed by atoms with Gasteiger partial charge >= 0.3 is 11.9 Å². The van der Waals surface area contributed by atoms with Crippen molar-refractivity contribution in [3.63, 3.8) is 0 Å². The number of carboxylic acid groups (broad SMARTS) is 1. The summed E-state index contributed by atoms with van der Waals surface area (Å²) in [4.78, 5) is 99.5. The second kappa shape index (κ2) is 26.4. The number of ketones is 2. The Bertz CT molecular complexity index is 1890. The number of fused-ring (bicyclic) bond motifs is 5. The van der Waals surface area contributed by atoms with Crippen LogP contribution in [0.15, 0.2) is 23.8 Å². The summed E-state index contributed by atoms with van der Waals surface area (Å²) >= 11 is 10.6. The van der Waals surface area contributed by atoms with Crippen LogP contribution in [0.1, 0.15) is 79.1 Å². The van der Waals surface area contributed by atoms with Gasteiger partial charge in [0.05, 0.1) is 75.7 Å². The van der Waals surface area contributed by atoms with Gasteiger partial charge < -0.3 is 59.9 Å². The Labute approximate surface area is 410 Å². The summed E-state index contributed by atoms with van der Waals surface area (Å²) in [5, 5.41) is 31.5. The third-order valence-corrected chi connectivity index (χ3v) is 15.2. The smallest absolute Gasteiger partial charge is 0.306 e. The molecule has 0 bridgehead atoms. The van der Waals surface area contributed by atoms with Crippen LogP contribution in [0.5, 0.6) is 0 Å². The van der Waals surface area contributed by atoms with E-state index in [4.69, 9.17) is 40.0 Å². The highest BCUT2D eigenvalue weighted by Crippen LogP contribution is 2.72. The van der Waals surface area contributed by atoms with E-state index >= 15 is 0 Å². The zero-order chi connectivity index (χ0) is 50.1. The fourth-order valence-corrected chi connectivity index (χ4v) is 11.1. The molecule has 68 heavy (non-hydrogen) atoms. The van der Waals surface area contributed by atoms with Gasteiger partial charge in [-0.3, -0.25) is 38.4 Å². The van der Waals surface area contributed by atoms with E-state index < -0.39 is 101 Å². The van der Waals surface area contributed by atoms with Crippen LogP contribution in [-0.4, -0.2) is 165 Å². The van der Waals surface area contributed by atoms with E-state index in [1.165, 1.54) is 6.08 Å². The normalized spacial score (nSPS) is 28.5. The van der Waals surface area contributed by atoms with Gasteiger partial charge in [-0.25, -0.2) is 0 Å². The van der Waals surface area contributed by atoms with E-state index in [1.54, 1.807) is 19.1 Å². The molecule has 0 saturated heterocycles. The molecular formula is C46H68BrClN4O16. The van der Waals surface area contributed by atoms with Crippen LogP contribution in [0.25, 0.3) is 0 Å². The molecule has 4 rings (SSSR count). The molecule has 0 aromatic carbocycles. The molecule has 1 unspecified atom stereocenters. The molecule has 0 aromatic rings. The van der Waals surface area contributed by atoms with Crippen LogP contribution < -0.4 is 21.3 Å². The van der Waals surface area contributed by atoms with Crippen molar-refractivity contribution < 1.29 is 77.0 Å². The number of rotatable bonds is 30. The molecule has 0 aliphatic heterocycles. The Balaban J connectivity index is 1.20. The average molecular weight is 1050 g/mol. The largest absolute Gasteiger partial charge is 0.481 e. The fraction of sp³-hybridized carbons (Fsp3) is 0.739. The summed E-state index contributed by atoms with van der Waals surface area (Å²) in [5.41, 5.74) is -2.72. The van der Waals surface area contributed by atoms with E-state index in [1.807, 2.05) is 20.8 Å². The summed E-state index contributed by atoms with van der Waals surface area (Å²) in [6.07, 6.45) is 4.51. The Morgan fingerprint density at radius 3 is 2.15 bits per heavy atom. The number of nitrogens with one attached hydrogen (secondary N) is 4. The van der Waals surface area contributed by atoms with E-state index in [2.05, 4.69) is 37.2 Å². The van der Waals surface area contributed by atoms with E-state index in [0.29, 0.717) is 58.8 Å². The first kappa shape index (κ1) is 56.8. The highest BCUT2D eigenvalue weighted by molar-refractivity contribution is 9.09. The van der Waals surface area contributed by atoms with Crippen molar-refractivity contribution >= 4 is 74.7 Å². The number of esters is 1. The van der Waals surface area contributed by atoms with E-state index in [-0.39, 0.29) is 74.4 Å². The number of hydrogen-bond acceptors (Lipinski definition) is 15. The number of allylic oxidation sites excluding steroid dienone is 4. The van der Waals surface area contributed by atoms with E-state index in [0.717, 1.165) is 5.57 Å². The Kier molecular flexibility index (Phi) is 22.0. The number of carboxylic acids is 1. The molecule has 4 aliphatic carbocycles. The molecule has 3 saturated carbocycles. The van der Waals surface area contributed by atoms with Gasteiger partial charge in [0.25, 0.3) is 0 Å². The lowest BCUT2D eigenvalue weighted by atomic mass is 9.45. The third-order valence-electron chi connectivity index (χ3n) is 13.8. The minimum Gasteiger partial charge on any atom is -0.481 e. The lowest BCUT2D eigenvalue weighted by molar-refractivity contribution is -0.203. The van der Waals surface area contributed by atoms with Gasteiger partial charge in [0.2, 0.25) is 29.4 Å². The zero-order valence-corrected chi connectivity index (χ0v) is 41.7. The van der Waals surface area contributed by atoms with Crippen molar-refractivity contribution in [3.8, 4) is 0 Å². The van der Waals surface area contributed by atoms with Gasteiger partial charge in [-0.1, -0.05) is 55.3 Å². The molecule has 0 heterocycles. The lowest BCUT2D eigenvalue weighted by Gasteiger charge is -2.64. The monoisotopic (exact) mass is 1050 g/mol. The first-order chi connectivity index (χ1) is 32.3. The van der Waals surface area contributed by atoms with Gasteiger partial charge in [0.1, 0.15) is 19.4 Å². The number of aliphatic hydroxyl groups excluding tert-OH is 1. The topological polar surface area (TPSA) is 281 Å². The number of aliphatic hydroxyl groups is 1. The summed E-state index contributed by atoms with van der Waals surface area (Å²) < 4.78 is 33.4. The maximum absolute atomic E-state index is 14.5. The molecule has 22 heteroatoms. The van der Waals surface area contributed by atoms with Crippen LogP contribution in [-0.2, 0) is 66.8 Å². The van der Waals surface area contributed by atoms with Crippen LogP contribution in [0, 0.1) is 28.6 Å². The number of Topliss-reactive ketones (excluding diaryl/α,β-unsaturated/α-hetero) is 1. The first-order valence-corrected chi connectivity index (χ1v) is 24.6. The average Bonchev–Trinajstić information content (AvgIpc) is 3.52. The highest BCUT2D eigenvalue weighted by Gasteiger charge is 2.76. The van der Waals surface area contributed by atoms with Gasteiger partial charge in [0.15, 0.2) is 11.4 Å². The van der Waals surface area contributed by atoms with Crippen molar-refractivity contribution in [2.75, 3.05) is 84.6 Å². The summed E-state index contributed by atoms with van der Waals surface area (Å²) in [5.74, 6) is -5.73. The second-order valence-electron chi connectivity index (χ2n) is 17.9. The lowest BCUT2D eigenvalue weighted by Crippen LogP contribution is -2.69. The van der Waals surface area contributed by atoms with Crippen molar-refractivity contribution in [1.29, 1.82) is 0 Å². The number of amides is 4. The number of alkyl halides is 2. The van der Waals surface area contributed by atoms with Gasteiger partial charge in [-0.15, -0.1) is 11.6 Å². The van der Waals surface area contributed by atoms with Crippen molar-refractivity contribution in [1.82, 2.24) is 21.3 Å². The molecule has 20 nitrogen and oxygen atoms in total. The first-order valence-electron chi connectivity index (χ1n) is 23.1. The molecule has 4 aliphatic rings. The molecule has 6 N–H and O–H groups in total. The molecule has 0 spiro atoms. The van der Waals surface area contributed by atoms with Crippen LogP contribution >= 0.6 is 27.5 Å². The van der Waals surface area contributed by atoms with E-state index in [9.17, 15) is 48.6 Å². The van der Waals surface area contributed by atoms with Crippen molar-refractivity contribution in [2.45, 2.75) is 102 Å². The number of carbonyl (C=O) groups is 8. The summed E-state index contributed by atoms with van der Waals surface area (Å²) in [6.45, 7) is 8.21. The molecule has 382 valence electrons. The molecule has 0 aromatic heterocycles. The van der Waals surface area contributed by atoms with Gasteiger partial charge in [-0.05, 0) is 56.1 Å². The highest BCUT2D eigenvalue weighted by atomic mass is 79.9. The van der Waals surface area contributed by atoms with Crippen LogP contribution in [0.3, 0.4) is 0 Å². The number of halogens is 2. The maximum Gasteiger partial charge on any atom is 0.306 e. The number of carbonyl (C=O) groups excluding carboxylic acids is 7. The Morgan fingerprint density at radius 2 is 1.51 bits per heavy atom. The molecule has 0 radical (unpaired) electrons. The molecular weight excluding hydrogens is 980 g/mol. The zero-order valence-electron chi connectivity index (χ0n) is 39.3. The predicted molar refractivity (Wildman–Crippen MR) is 247 cm³/mol. The minimum absolute atomic E-state index is 0.00523. The number of ether oxygens (including phenoxy) is 6. The van der Waals surface area contributed by atoms with Crippen LogP contribution in [0.4, 0.5) is 0 Å². The van der Waals surface area contributed by atoms with Gasteiger partial charge in [-0.2, -0.15) is 0 Å². The Hall–Kier alpha value is -3.83.